The maximum Gasteiger partial charge on any atom is 0.276 e. The topological polar surface area (TPSA) is 42.0 Å². The summed E-state index contributed by atoms with van der Waals surface area (Å²) in [6, 6.07) is 5.70. The molecular formula is C19H26N2O3S. The van der Waals surface area contributed by atoms with Gasteiger partial charge in [-0.3, -0.25) is 9.69 Å². The van der Waals surface area contributed by atoms with Crippen molar-refractivity contribution in [1.82, 2.24) is 9.80 Å². The molecule has 1 aromatic rings. The van der Waals surface area contributed by atoms with E-state index in [0.29, 0.717) is 42.2 Å². The van der Waals surface area contributed by atoms with Gasteiger partial charge < -0.3 is 14.4 Å². The summed E-state index contributed by atoms with van der Waals surface area (Å²) in [7, 11) is 1.81. The van der Waals surface area contributed by atoms with Crippen molar-refractivity contribution in [2.24, 2.45) is 5.92 Å². The lowest BCUT2D eigenvalue weighted by Crippen LogP contribution is -2.30. The largest absolute Gasteiger partial charge is 0.490 e. The van der Waals surface area contributed by atoms with Crippen LogP contribution in [0.25, 0.3) is 6.08 Å². The number of ether oxygens (including phenoxy) is 2. The molecule has 2 rings (SSSR count). The maximum absolute atomic E-state index is 12.5. The molecule has 6 heteroatoms. The van der Waals surface area contributed by atoms with Crippen LogP contribution in [0.3, 0.4) is 0 Å². The average molecular weight is 362 g/mol. The van der Waals surface area contributed by atoms with Crippen LogP contribution in [0.4, 0.5) is 0 Å². The Morgan fingerprint density at radius 3 is 2.48 bits per heavy atom. The zero-order valence-corrected chi connectivity index (χ0v) is 16.4. The molecule has 1 heterocycles. The molecule has 1 aliphatic rings. The van der Waals surface area contributed by atoms with Crippen LogP contribution in [0.1, 0.15) is 33.3 Å². The van der Waals surface area contributed by atoms with Crippen LogP contribution in [0.2, 0.25) is 0 Å². The summed E-state index contributed by atoms with van der Waals surface area (Å²) in [4.78, 5) is 15.8. The Kier molecular flexibility index (Phi) is 6.42. The van der Waals surface area contributed by atoms with Gasteiger partial charge in [0.05, 0.1) is 13.2 Å². The van der Waals surface area contributed by atoms with Crippen molar-refractivity contribution in [3.63, 3.8) is 0 Å². The van der Waals surface area contributed by atoms with Gasteiger partial charge in [0.25, 0.3) is 5.91 Å². The number of carbonyl (C=O) groups is 1. The second-order valence-corrected chi connectivity index (χ2v) is 6.63. The van der Waals surface area contributed by atoms with E-state index in [-0.39, 0.29) is 5.91 Å². The molecule has 0 atom stereocenters. The molecule has 0 spiro atoms. The number of hydrogen-bond donors (Lipinski definition) is 0. The molecular weight excluding hydrogens is 336 g/mol. The minimum absolute atomic E-state index is 0.0758. The van der Waals surface area contributed by atoms with E-state index in [2.05, 4.69) is 13.8 Å². The van der Waals surface area contributed by atoms with Gasteiger partial charge in [0.15, 0.2) is 16.6 Å². The molecule has 1 fully saturated rings. The minimum Gasteiger partial charge on any atom is -0.490 e. The Labute approximate surface area is 155 Å². The fourth-order valence-electron chi connectivity index (χ4n) is 2.51. The molecule has 1 amide bonds. The number of carbonyl (C=O) groups excluding carboxylic acids is 1. The lowest BCUT2D eigenvalue weighted by Gasteiger charge is -2.15. The molecule has 0 unspecified atom stereocenters. The van der Waals surface area contributed by atoms with Crippen molar-refractivity contribution in [2.75, 3.05) is 26.8 Å². The van der Waals surface area contributed by atoms with E-state index in [1.807, 2.05) is 45.2 Å². The van der Waals surface area contributed by atoms with Crippen molar-refractivity contribution in [3.05, 3.63) is 29.5 Å². The quantitative estimate of drug-likeness (QED) is 0.548. The first-order chi connectivity index (χ1) is 11.9. The highest BCUT2D eigenvalue weighted by Gasteiger charge is 2.34. The number of amides is 1. The van der Waals surface area contributed by atoms with Crippen molar-refractivity contribution in [1.29, 1.82) is 0 Å². The summed E-state index contributed by atoms with van der Waals surface area (Å²) in [6.07, 6.45) is 1.83. The van der Waals surface area contributed by atoms with Gasteiger partial charge in [-0.05, 0) is 55.8 Å². The lowest BCUT2D eigenvalue weighted by molar-refractivity contribution is -0.122. The average Bonchev–Trinajstić information content (AvgIpc) is 2.77. The van der Waals surface area contributed by atoms with Crippen LogP contribution in [0.5, 0.6) is 11.5 Å². The highest BCUT2D eigenvalue weighted by molar-refractivity contribution is 7.80. The van der Waals surface area contributed by atoms with Crippen LogP contribution in [-0.4, -0.2) is 47.6 Å². The predicted octanol–water partition coefficient (Wildman–Crippen LogP) is 3.54. The van der Waals surface area contributed by atoms with Gasteiger partial charge >= 0.3 is 0 Å². The number of rotatable bonds is 7. The van der Waals surface area contributed by atoms with Crippen molar-refractivity contribution in [3.8, 4) is 11.5 Å². The fourth-order valence-corrected chi connectivity index (χ4v) is 2.82. The van der Waals surface area contributed by atoms with E-state index >= 15 is 0 Å². The van der Waals surface area contributed by atoms with Crippen molar-refractivity contribution >= 4 is 29.3 Å². The molecule has 0 N–H and O–H groups in total. The van der Waals surface area contributed by atoms with Gasteiger partial charge in [-0.15, -0.1) is 0 Å². The summed E-state index contributed by atoms with van der Waals surface area (Å²) >= 11 is 5.33. The summed E-state index contributed by atoms with van der Waals surface area (Å²) in [6.45, 7) is 9.78. The van der Waals surface area contributed by atoms with Crippen molar-refractivity contribution in [2.45, 2.75) is 27.7 Å². The number of hydrogen-bond acceptors (Lipinski definition) is 4. The number of nitrogens with zero attached hydrogens (tertiary/aromatic N) is 2. The van der Waals surface area contributed by atoms with Crippen LogP contribution in [0.15, 0.2) is 23.9 Å². The van der Waals surface area contributed by atoms with Gasteiger partial charge in [-0.1, -0.05) is 19.9 Å². The zero-order chi connectivity index (χ0) is 18.6. The normalized spacial score (nSPS) is 16.3. The molecule has 0 aliphatic carbocycles. The first-order valence-corrected chi connectivity index (χ1v) is 9.00. The third-order valence-electron chi connectivity index (χ3n) is 3.80. The van der Waals surface area contributed by atoms with Gasteiger partial charge in [0.2, 0.25) is 0 Å². The molecule has 5 nitrogen and oxygen atoms in total. The van der Waals surface area contributed by atoms with Gasteiger partial charge in [-0.25, -0.2) is 0 Å². The monoisotopic (exact) mass is 362 g/mol. The number of thiocarbonyl (C=S) groups is 1. The highest BCUT2D eigenvalue weighted by atomic mass is 32.1. The molecule has 0 bridgehead atoms. The van der Waals surface area contributed by atoms with E-state index in [9.17, 15) is 4.79 Å². The molecule has 25 heavy (non-hydrogen) atoms. The van der Waals surface area contributed by atoms with E-state index in [1.54, 1.807) is 9.80 Å². The third-order valence-corrected chi connectivity index (χ3v) is 4.30. The molecule has 1 aromatic carbocycles. The second kappa shape index (κ2) is 8.34. The second-order valence-electron chi connectivity index (χ2n) is 6.26. The standard InChI is InChI=1S/C19H26N2O3S/c1-6-21-18(22)15(20(5)19(21)25)10-14-8-9-16(24-12-13(3)4)17(11-14)23-7-2/h8-11,13H,6-7,12H2,1-5H3. The van der Waals surface area contributed by atoms with Gasteiger partial charge in [0.1, 0.15) is 5.70 Å². The lowest BCUT2D eigenvalue weighted by atomic mass is 10.1. The third kappa shape index (κ3) is 4.31. The molecule has 1 saturated heterocycles. The Morgan fingerprint density at radius 2 is 1.92 bits per heavy atom. The molecule has 1 aliphatic heterocycles. The summed E-state index contributed by atoms with van der Waals surface area (Å²) in [5, 5.41) is 0.528. The first kappa shape index (κ1) is 19.2. The van der Waals surface area contributed by atoms with E-state index in [4.69, 9.17) is 21.7 Å². The first-order valence-electron chi connectivity index (χ1n) is 8.59. The van der Waals surface area contributed by atoms with E-state index < -0.39 is 0 Å². The van der Waals surface area contributed by atoms with Crippen LogP contribution in [0, 0.1) is 5.92 Å². The smallest absolute Gasteiger partial charge is 0.276 e. The summed E-state index contributed by atoms with van der Waals surface area (Å²) < 4.78 is 11.5. The Morgan fingerprint density at radius 1 is 1.20 bits per heavy atom. The van der Waals surface area contributed by atoms with E-state index in [1.165, 1.54) is 0 Å². The fraction of sp³-hybridized carbons (Fsp3) is 0.474. The number of likely N-dealkylation sites (N-methyl/N-ethyl adjacent to an activating group) is 2. The van der Waals surface area contributed by atoms with Crippen molar-refractivity contribution < 1.29 is 14.3 Å². The molecule has 0 radical (unpaired) electrons. The summed E-state index contributed by atoms with van der Waals surface area (Å²) in [5.74, 6) is 1.75. The summed E-state index contributed by atoms with van der Waals surface area (Å²) in [5.41, 5.74) is 1.43. The Balaban J connectivity index is 2.32. The Hall–Kier alpha value is -2.08. The number of benzene rings is 1. The minimum atomic E-state index is -0.0758. The Bertz CT molecular complexity index is 685. The SMILES string of the molecule is CCOc1cc(C=C2C(=O)N(CC)C(=S)N2C)ccc1OCC(C)C. The molecule has 0 saturated carbocycles. The van der Waals surface area contributed by atoms with Crippen LogP contribution in [-0.2, 0) is 4.79 Å². The van der Waals surface area contributed by atoms with Gasteiger partial charge in [0, 0.05) is 13.6 Å². The molecule has 0 aromatic heterocycles. The van der Waals surface area contributed by atoms with Crippen LogP contribution < -0.4 is 9.47 Å². The highest BCUT2D eigenvalue weighted by Crippen LogP contribution is 2.31. The zero-order valence-electron chi connectivity index (χ0n) is 15.5. The molecule has 136 valence electrons. The van der Waals surface area contributed by atoms with Crippen LogP contribution >= 0.6 is 12.2 Å². The van der Waals surface area contributed by atoms with E-state index in [0.717, 1.165) is 11.3 Å². The maximum atomic E-state index is 12.5. The predicted molar refractivity (Wildman–Crippen MR) is 104 cm³/mol. The van der Waals surface area contributed by atoms with Gasteiger partial charge in [-0.2, -0.15) is 0 Å².